The van der Waals surface area contributed by atoms with Crippen LogP contribution in [-0.2, 0) is 11.8 Å². The summed E-state index contributed by atoms with van der Waals surface area (Å²) in [6, 6.07) is 11.0. The van der Waals surface area contributed by atoms with Crippen LogP contribution in [0.15, 0.2) is 58.3 Å². The summed E-state index contributed by atoms with van der Waals surface area (Å²) in [7, 11) is 3.51. The number of benzene rings is 1. The smallest absolute Gasteiger partial charge is 0.252 e. The van der Waals surface area contributed by atoms with Gasteiger partial charge in [0.05, 0.1) is 24.8 Å². The maximum atomic E-state index is 13.0. The van der Waals surface area contributed by atoms with Crippen LogP contribution in [-0.4, -0.2) is 38.5 Å². The summed E-state index contributed by atoms with van der Waals surface area (Å²) in [6.07, 6.45) is 3.59. The van der Waals surface area contributed by atoms with Gasteiger partial charge < -0.3 is 13.7 Å². The van der Waals surface area contributed by atoms with E-state index in [9.17, 15) is 4.79 Å². The molecule has 0 radical (unpaired) electrons. The molecular weight excluding hydrogens is 390 g/mol. The summed E-state index contributed by atoms with van der Waals surface area (Å²) in [5.74, 6) is 2.40. The first kappa shape index (κ1) is 19.1. The van der Waals surface area contributed by atoms with Crippen molar-refractivity contribution in [3.63, 3.8) is 0 Å². The number of hydrazine groups is 1. The fraction of sp³-hybridized carbons (Fsp3) is 0.250. The van der Waals surface area contributed by atoms with Crippen molar-refractivity contribution in [2.75, 3.05) is 12.9 Å². The Morgan fingerprint density at radius 2 is 2.07 bits per heavy atom. The Labute approximate surface area is 172 Å². The molecule has 9 heteroatoms. The molecule has 0 saturated carbocycles. The van der Waals surface area contributed by atoms with Gasteiger partial charge in [-0.05, 0) is 55.0 Å². The number of hydrogen-bond acceptors (Lipinski definition) is 7. The van der Waals surface area contributed by atoms with Crippen LogP contribution in [0.25, 0.3) is 5.70 Å². The Kier molecular flexibility index (Phi) is 5.30. The fourth-order valence-corrected chi connectivity index (χ4v) is 3.81. The van der Waals surface area contributed by atoms with E-state index in [-0.39, 0.29) is 17.7 Å². The van der Waals surface area contributed by atoms with E-state index in [1.54, 1.807) is 18.4 Å². The minimum absolute atomic E-state index is 0.0863. The molecule has 4 rings (SSSR count). The number of ether oxygens (including phenoxy) is 1. The number of hydrogen-bond donors (Lipinski definition) is 1. The lowest BCUT2D eigenvalue weighted by Crippen LogP contribution is -2.40. The number of aryl methyl sites for hydroxylation is 1. The van der Waals surface area contributed by atoms with Crippen molar-refractivity contribution in [1.82, 2.24) is 25.2 Å². The Balaban J connectivity index is 1.53. The molecule has 1 amide bonds. The van der Waals surface area contributed by atoms with E-state index < -0.39 is 0 Å². The molecule has 29 heavy (non-hydrogen) atoms. The molecule has 1 aromatic carbocycles. The van der Waals surface area contributed by atoms with Gasteiger partial charge in [0, 0.05) is 7.05 Å². The van der Waals surface area contributed by atoms with Crippen molar-refractivity contribution in [2.45, 2.75) is 18.1 Å². The average molecular weight is 411 g/mol. The van der Waals surface area contributed by atoms with Crippen LogP contribution in [0.3, 0.4) is 0 Å². The molecule has 0 spiro atoms. The van der Waals surface area contributed by atoms with E-state index in [2.05, 4.69) is 15.6 Å². The van der Waals surface area contributed by atoms with Crippen LogP contribution in [0.4, 0.5) is 0 Å². The lowest BCUT2D eigenvalue weighted by molar-refractivity contribution is -0.131. The highest BCUT2D eigenvalue weighted by molar-refractivity contribution is 7.99. The van der Waals surface area contributed by atoms with Gasteiger partial charge in [-0.25, -0.2) is 5.01 Å². The summed E-state index contributed by atoms with van der Waals surface area (Å²) in [5.41, 5.74) is 5.01. The summed E-state index contributed by atoms with van der Waals surface area (Å²) < 4.78 is 12.7. The zero-order valence-electron chi connectivity index (χ0n) is 16.3. The largest absolute Gasteiger partial charge is 0.497 e. The second kappa shape index (κ2) is 8.04. The summed E-state index contributed by atoms with van der Waals surface area (Å²) in [6.45, 7) is 1.87. The molecule has 1 aliphatic rings. The summed E-state index contributed by atoms with van der Waals surface area (Å²) in [5, 5.41) is 10.4. The van der Waals surface area contributed by atoms with Gasteiger partial charge in [-0.3, -0.25) is 10.2 Å². The highest BCUT2D eigenvalue weighted by atomic mass is 32.2. The molecule has 0 bridgehead atoms. The van der Waals surface area contributed by atoms with E-state index in [1.165, 1.54) is 11.8 Å². The third-order valence-electron chi connectivity index (χ3n) is 4.73. The number of carbonyl (C=O) groups is 1. The summed E-state index contributed by atoms with van der Waals surface area (Å²) in [4.78, 5) is 13.0. The minimum atomic E-state index is -0.337. The highest BCUT2D eigenvalue weighted by Gasteiger charge is 2.32. The van der Waals surface area contributed by atoms with Crippen molar-refractivity contribution < 1.29 is 13.9 Å². The fourth-order valence-electron chi connectivity index (χ4n) is 3.00. The molecule has 1 atom stereocenters. The predicted molar refractivity (Wildman–Crippen MR) is 109 cm³/mol. The first-order valence-corrected chi connectivity index (χ1v) is 10.0. The molecule has 0 fully saturated rings. The lowest BCUT2D eigenvalue weighted by atomic mass is 10.1. The number of furan rings is 1. The van der Waals surface area contributed by atoms with Gasteiger partial charge in [0.1, 0.15) is 23.4 Å². The van der Waals surface area contributed by atoms with Gasteiger partial charge in [-0.15, -0.1) is 10.2 Å². The van der Waals surface area contributed by atoms with Gasteiger partial charge >= 0.3 is 0 Å². The van der Waals surface area contributed by atoms with E-state index in [4.69, 9.17) is 9.15 Å². The second-order valence-corrected chi connectivity index (χ2v) is 7.46. The standard InChI is InChI=1S/C20H21N5O3S/c1-13-21-22-20(24(13)2)29-12-19(26)25-17(18-5-4-10-28-18)11-16(23-25)14-6-8-15(27-3)9-7-14/h4-11,17,23H,12H2,1-3H3. The van der Waals surface area contributed by atoms with E-state index >= 15 is 0 Å². The average Bonchev–Trinajstić information content (AvgIpc) is 3.48. The molecular formula is C20H21N5O3S. The number of nitrogens with one attached hydrogen (secondary N) is 1. The van der Waals surface area contributed by atoms with Crippen molar-refractivity contribution >= 4 is 23.4 Å². The monoisotopic (exact) mass is 411 g/mol. The molecule has 8 nitrogen and oxygen atoms in total. The van der Waals surface area contributed by atoms with E-state index in [1.807, 2.05) is 61.0 Å². The molecule has 3 heterocycles. The van der Waals surface area contributed by atoms with Crippen LogP contribution in [0.1, 0.15) is 23.2 Å². The molecule has 1 N–H and O–H groups in total. The quantitative estimate of drug-likeness (QED) is 0.624. The molecule has 0 saturated heterocycles. The van der Waals surface area contributed by atoms with Crippen molar-refractivity contribution in [2.24, 2.45) is 7.05 Å². The molecule has 1 aliphatic heterocycles. The first-order chi connectivity index (χ1) is 14.1. The number of methoxy groups -OCH3 is 1. The van der Waals surface area contributed by atoms with Gasteiger partial charge in [-0.1, -0.05) is 11.8 Å². The Morgan fingerprint density at radius 1 is 1.28 bits per heavy atom. The van der Waals surface area contributed by atoms with Gasteiger partial charge in [0.25, 0.3) is 5.91 Å². The Bertz CT molecular complexity index is 1030. The van der Waals surface area contributed by atoms with Crippen LogP contribution >= 0.6 is 11.8 Å². The van der Waals surface area contributed by atoms with Crippen LogP contribution in [0.5, 0.6) is 5.75 Å². The number of nitrogens with zero attached hydrogens (tertiary/aromatic N) is 4. The van der Waals surface area contributed by atoms with Crippen molar-refractivity contribution in [3.8, 4) is 5.75 Å². The number of rotatable bonds is 6. The molecule has 1 unspecified atom stereocenters. The third kappa shape index (κ3) is 3.86. The lowest BCUT2D eigenvalue weighted by Gasteiger charge is -2.23. The van der Waals surface area contributed by atoms with Crippen LogP contribution < -0.4 is 10.2 Å². The Morgan fingerprint density at radius 3 is 2.69 bits per heavy atom. The number of carbonyl (C=O) groups excluding carboxylic acids is 1. The van der Waals surface area contributed by atoms with Gasteiger partial charge in [0.15, 0.2) is 5.16 Å². The SMILES string of the molecule is COc1ccc(C2=CC(c3ccco3)N(C(=O)CSc3nnc(C)n3C)N2)cc1. The third-order valence-corrected chi connectivity index (χ3v) is 5.73. The van der Waals surface area contributed by atoms with Gasteiger partial charge in [0.2, 0.25) is 0 Å². The molecule has 2 aromatic heterocycles. The molecule has 0 aliphatic carbocycles. The highest BCUT2D eigenvalue weighted by Crippen LogP contribution is 2.32. The maximum Gasteiger partial charge on any atom is 0.252 e. The van der Waals surface area contributed by atoms with Crippen molar-refractivity contribution in [3.05, 3.63) is 65.9 Å². The van der Waals surface area contributed by atoms with Crippen LogP contribution in [0, 0.1) is 6.92 Å². The normalized spacial score (nSPS) is 15.9. The number of aromatic nitrogens is 3. The second-order valence-electron chi connectivity index (χ2n) is 6.52. The summed E-state index contributed by atoms with van der Waals surface area (Å²) >= 11 is 1.35. The minimum Gasteiger partial charge on any atom is -0.497 e. The zero-order valence-corrected chi connectivity index (χ0v) is 17.1. The number of amides is 1. The molecule has 3 aromatic rings. The Hall–Kier alpha value is -3.20. The maximum absolute atomic E-state index is 13.0. The van der Waals surface area contributed by atoms with Gasteiger partial charge in [-0.2, -0.15) is 0 Å². The predicted octanol–water partition coefficient (Wildman–Crippen LogP) is 2.95. The zero-order chi connectivity index (χ0) is 20.4. The van der Waals surface area contributed by atoms with E-state index in [0.717, 1.165) is 22.8 Å². The van der Waals surface area contributed by atoms with E-state index in [0.29, 0.717) is 10.9 Å². The van der Waals surface area contributed by atoms with Crippen molar-refractivity contribution in [1.29, 1.82) is 0 Å². The first-order valence-electron chi connectivity index (χ1n) is 9.04. The number of thioether (sulfide) groups is 1. The molecule has 150 valence electrons. The topological polar surface area (TPSA) is 85.4 Å². The van der Waals surface area contributed by atoms with Crippen LogP contribution in [0.2, 0.25) is 0 Å².